The van der Waals surface area contributed by atoms with Crippen molar-refractivity contribution < 1.29 is 33.0 Å². The van der Waals surface area contributed by atoms with Gasteiger partial charge in [-0.25, -0.2) is 9.59 Å². The van der Waals surface area contributed by atoms with Crippen LogP contribution in [0.4, 0.5) is 0 Å². The van der Waals surface area contributed by atoms with Crippen molar-refractivity contribution in [3.63, 3.8) is 0 Å². The Bertz CT molecular complexity index is 1230. The van der Waals surface area contributed by atoms with Crippen molar-refractivity contribution in [2.45, 2.75) is 13.3 Å². The van der Waals surface area contributed by atoms with E-state index in [1.165, 1.54) is 12.1 Å². The average Bonchev–Trinajstić information content (AvgIpc) is 2.81. The lowest BCUT2D eigenvalue weighted by molar-refractivity contribution is -0.150. The third-order valence-corrected chi connectivity index (χ3v) is 4.99. The van der Waals surface area contributed by atoms with E-state index in [4.69, 9.17) is 23.4 Å². The van der Waals surface area contributed by atoms with Gasteiger partial charge in [-0.3, -0.25) is 4.79 Å². The fraction of sp³-hybridized carbons (Fsp3) is 0.292. The van der Waals surface area contributed by atoms with Gasteiger partial charge in [-0.2, -0.15) is 0 Å². The summed E-state index contributed by atoms with van der Waals surface area (Å²) in [6.07, 6.45) is 0.594. The van der Waals surface area contributed by atoms with Gasteiger partial charge in [0.2, 0.25) is 0 Å². The summed E-state index contributed by atoms with van der Waals surface area (Å²) in [6, 6.07) is 12.0. The third kappa shape index (κ3) is 5.82. The van der Waals surface area contributed by atoms with E-state index in [0.29, 0.717) is 49.0 Å². The van der Waals surface area contributed by atoms with Gasteiger partial charge >= 0.3 is 11.6 Å². The summed E-state index contributed by atoms with van der Waals surface area (Å²) in [5.74, 6) is 0.651. The van der Waals surface area contributed by atoms with E-state index in [2.05, 4.69) is 5.32 Å². The van der Waals surface area contributed by atoms with Gasteiger partial charge < -0.3 is 28.7 Å². The van der Waals surface area contributed by atoms with E-state index in [1.807, 2.05) is 18.2 Å². The van der Waals surface area contributed by atoms with Crippen molar-refractivity contribution in [2.24, 2.45) is 0 Å². The SMILES string of the molecule is Cc1cc(=O)oc2cc(OCC(=O)OCC(=O)NCCc3ccc4c(c3)OCCO4)ccc12. The van der Waals surface area contributed by atoms with Crippen molar-refractivity contribution in [1.82, 2.24) is 5.32 Å². The number of nitrogens with one attached hydrogen (secondary N) is 1. The number of carbonyl (C=O) groups excluding carboxylic acids is 2. The maximum atomic E-state index is 11.9. The molecule has 1 aromatic heterocycles. The van der Waals surface area contributed by atoms with Crippen molar-refractivity contribution in [2.75, 3.05) is 33.0 Å². The highest BCUT2D eigenvalue weighted by Crippen LogP contribution is 2.30. The standard InChI is InChI=1S/C24H23NO8/c1-15-10-23(27)33-20-12-17(3-4-18(15)20)31-14-24(28)32-13-22(26)25-7-6-16-2-5-19-21(11-16)30-9-8-29-19/h2-5,10-12H,6-9,13-14H2,1H3,(H,25,26). The molecule has 0 fully saturated rings. The lowest BCUT2D eigenvalue weighted by Crippen LogP contribution is -2.31. The molecule has 1 aliphatic heterocycles. The first-order valence-electron chi connectivity index (χ1n) is 10.5. The smallest absolute Gasteiger partial charge is 0.344 e. The molecule has 4 rings (SSSR count). The van der Waals surface area contributed by atoms with E-state index < -0.39 is 24.1 Å². The largest absolute Gasteiger partial charge is 0.486 e. The van der Waals surface area contributed by atoms with Gasteiger partial charge in [0.05, 0.1) is 0 Å². The molecule has 0 bridgehead atoms. The summed E-state index contributed by atoms with van der Waals surface area (Å²) in [5.41, 5.74) is 1.68. The van der Waals surface area contributed by atoms with Crippen LogP contribution in [0.1, 0.15) is 11.1 Å². The Balaban J connectivity index is 1.18. The number of rotatable bonds is 8. The Morgan fingerprint density at radius 2 is 1.82 bits per heavy atom. The highest BCUT2D eigenvalue weighted by molar-refractivity contribution is 5.82. The molecule has 2 aromatic carbocycles. The molecule has 0 spiro atoms. The van der Waals surface area contributed by atoms with E-state index in [1.54, 1.807) is 19.1 Å². The minimum atomic E-state index is -0.692. The lowest BCUT2D eigenvalue weighted by Gasteiger charge is -2.18. The van der Waals surface area contributed by atoms with Crippen LogP contribution in [0.2, 0.25) is 0 Å². The van der Waals surface area contributed by atoms with E-state index in [9.17, 15) is 14.4 Å². The monoisotopic (exact) mass is 453 g/mol. The summed E-state index contributed by atoms with van der Waals surface area (Å²) in [4.78, 5) is 35.4. The first kappa shape index (κ1) is 22.2. The quantitative estimate of drug-likeness (QED) is 0.408. The zero-order valence-electron chi connectivity index (χ0n) is 18.1. The molecule has 9 nitrogen and oxygen atoms in total. The Labute approximate surface area is 189 Å². The lowest BCUT2D eigenvalue weighted by atomic mass is 10.1. The van der Waals surface area contributed by atoms with Crippen molar-refractivity contribution >= 4 is 22.8 Å². The average molecular weight is 453 g/mol. The molecule has 0 aliphatic carbocycles. The number of carbonyl (C=O) groups is 2. The number of amides is 1. The zero-order chi connectivity index (χ0) is 23.2. The summed E-state index contributed by atoms with van der Waals surface area (Å²) in [6.45, 7) is 2.44. The molecule has 33 heavy (non-hydrogen) atoms. The van der Waals surface area contributed by atoms with Crippen LogP contribution < -0.4 is 25.2 Å². The summed E-state index contributed by atoms with van der Waals surface area (Å²) in [7, 11) is 0. The van der Waals surface area contributed by atoms with Crippen LogP contribution in [-0.4, -0.2) is 44.8 Å². The Hall–Kier alpha value is -4.01. The summed E-state index contributed by atoms with van der Waals surface area (Å²) in [5, 5.41) is 3.48. The molecular formula is C24H23NO8. The molecule has 0 saturated carbocycles. The summed E-state index contributed by atoms with van der Waals surface area (Å²) < 4.78 is 26.5. The zero-order valence-corrected chi connectivity index (χ0v) is 18.1. The minimum absolute atomic E-state index is 0.345. The molecule has 0 unspecified atom stereocenters. The highest BCUT2D eigenvalue weighted by Gasteiger charge is 2.13. The molecular weight excluding hydrogens is 430 g/mol. The van der Waals surface area contributed by atoms with Crippen LogP contribution in [0, 0.1) is 6.92 Å². The number of ether oxygens (including phenoxy) is 4. The molecule has 172 valence electrons. The van der Waals surface area contributed by atoms with E-state index in [0.717, 1.165) is 16.5 Å². The minimum Gasteiger partial charge on any atom is -0.486 e. The number of benzene rings is 2. The first-order valence-corrected chi connectivity index (χ1v) is 10.5. The maximum Gasteiger partial charge on any atom is 0.344 e. The van der Waals surface area contributed by atoms with Gasteiger partial charge in [0.25, 0.3) is 5.91 Å². The topological polar surface area (TPSA) is 113 Å². The van der Waals surface area contributed by atoms with Gasteiger partial charge in [0.15, 0.2) is 24.7 Å². The van der Waals surface area contributed by atoms with Crippen molar-refractivity contribution in [3.05, 3.63) is 64.0 Å². The van der Waals surface area contributed by atoms with Gasteiger partial charge in [0, 0.05) is 24.1 Å². The van der Waals surface area contributed by atoms with Gasteiger partial charge in [-0.1, -0.05) is 6.07 Å². The molecule has 0 saturated heterocycles. The summed E-state index contributed by atoms with van der Waals surface area (Å²) >= 11 is 0. The Kier molecular flexibility index (Phi) is 6.77. The van der Waals surface area contributed by atoms with Crippen molar-refractivity contribution in [1.29, 1.82) is 0 Å². The second kappa shape index (κ2) is 10.1. The Morgan fingerprint density at radius 3 is 2.67 bits per heavy atom. The van der Waals surface area contributed by atoms with Crippen molar-refractivity contribution in [3.8, 4) is 17.2 Å². The van der Waals surface area contributed by atoms with Crippen LogP contribution in [-0.2, 0) is 20.7 Å². The highest BCUT2D eigenvalue weighted by atomic mass is 16.6. The molecule has 2 heterocycles. The molecule has 9 heteroatoms. The molecule has 3 aromatic rings. The predicted molar refractivity (Wildman–Crippen MR) is 118 cm³/mol. The fourth-order valence-corrected chi connectivity index (χ4v) is 3.37. The third-order valence-electron chi connectivity index (χ3n) is 4.99. The van der Waals surface area contributed by atoms with Crippen LogP contribution in [0.15, 0.2) is 51.7 Å². The number of aryl methyl sites for hydroxylation is 1. The maximum absolute atomic E-state index is 11.9. The predicted octanol–water partition coefficient (Wildman–Crippen LogP) is 2.15. The van der Waals surface area contributed by atoms with Gasteiger partial charge in [0.1, 0.15) is 24.5 Å². The van der Waals surface area contributed by atoms with Crippen LogP contribution in [0.25, 0.3) is 11.0 Å². The molecule has 1 N–H and O–H groups in total. The van der Waals surface area contributed by atoms with Gasteiger partial charge in [-0.05, 0) is 48.7 Å². The fourth-order valence-electron chi connectivity index (χ4n) is 3.37. The normalized spacial score (nSPS) is 12.3. The second-order valence-corrected chi connectivity index (χ2v) is 7.43. The number of hydrogen-bond acceptors (Lipinski definition) is 8. The van der Waals surface area contributed by atoms with Gasteiger partial charge in [-0.15, -0.1) is 0 Å². The second-order valence-electron chi connectivity index (χ2n) is 7.43. The number of esters is 1. The molecule has 1 aliphatic rings. The van der Waals surface area contributed by atoms with E-state index >= 15 is 0 Å². The number of fused-ring (bicyclic) bond motifs is 2. The van der Waals surface area contributed by atoms with Crippen LogP contribution in [0.5, 0.6) is 17.2 Å². The van der Waals surface area contributed by atoms with Crippen LogP contribution in [0.3, 0.4) is 0 Å². The first-order chi connectivity index (χ1) is 16.0. The number of hydrogen-bond donors (Lipinski definition) is 1. The van der Waals surface area contributed by atoms with Crippen LogP contribution >= 0.6 is 0 Å². The Morgan fingerprint density at radius 1 is 1.00 bits per heavy atom. The molecule has 1 amide bonds. The molecule has 0 radical (unpaired) electrons. The molecule has 0 atom stereocenters. The van der Waals surface area contributed by atoms with E-state index in [-0.39, 0.29) is 6.61 Å².